The second-order valence-corrected chi connectivity index (χ2v) is 6.92. The van der Waals surface area contributed by atoms with Crippen molar-refractivity contribution in [3.63, 3.8) is 0 Å². The Morgan fingerprint density at radius 2 is 1.83 bits per heavy atom. The minimum Gasteiger partial charge on any atom is -0.480 e. The van der Waals surface area contributed by atoms with E-state index in [0.717, 1.165) is 12.8 Å². The molecule has 7 heteroatoms. The first-order chi connectivity index (χ1) is 8.31. The van der Waals surface area contributed by atoms with Crippen LogP contribution in [-0.2, 0) is 19.4 Å². The van der Waals surface area contributed by atoms with Crippen molar-refractivity contribution >= 4 is 21.7 Å². The second-order valence-electron chi connectivity index (χ2n) is 4.73. The summed E-state index contributed by atoms with van der Waals surface area (Å²) < 4.78 is 23.0. The molecule has 0 aromatic rings. The molecule has 0 aromatic carbocycles. The molecular weight excluding hydrogens is 258 g/mol. The Balaban J connectivity index is 2.66. The van der Waals surface area contributed by atoms with Crippen molar-refractivity contribution in [1.82, 2.24) is 5.32 Å². The molecule has 1 rings (SSSR count). The summed E-state index contributed by atoms with van der Waals surface area (Å²) in [7, 11) is -3.43. The van der Waals surface area contributed by atoms with Crippen molar-refractivity contribution in [3.05, 3.63) is 0 Å². The van der Waals surface area contributed by atoms with Crippen LogP contribution in [0, 0.1) is 0 Å². The maximum atomic E-state index is 11.6. The van der Waals surface area contributed by atoms with Crippen molar-refractivity contribution in [3.8, 4) is 0 Å². The molecule has 104 valence electrons. The molecule has 0 spiro atoms. The Bertz CT molecular complexity index is 423. The van der Waals surface area contributed by atoms with Crippen LogP contribution in [0.15, 0.2) is 0 Å². The molecule has 1 saturated carbocycles. The van der Waals surface area contributed by atoms with Crippen molar-refractivity contribution in [2.45, 2.75) is 44.6 Å². The third-order valence-corrected chi connectivity index (χ3v) is 4.84. The molecule has 1 fully saturated rings. The summed E-state index contributed by atoms with van der Waals surface area (Å²) in [6, 6.07) is 0. The molecule has 2 N–H and O–H groups in total. The van der Waals surface area contributed by atoms with Gasteiger partial charge in [-0.1, -0.05) is 19.8 Å². The smallest absolute Gasteiger partial charge is 0.329 e. The lowest BCUT2D eigenvalue weighted by Crippen LogP contribution is -2.53. The molecule has 6 nitrogen and oxygen atoms in total. The van der Waals surface area contributed by atoms with E-state index < -0.39 is 33.0 Å². The highest BCUT2D eigenvalue weighted by atomic mass is 32.2. The Hall–Kier alpha value is -1.11. The number of carboxylic acid groups (broad SMARTS) is 1. The zero-order valence-electron chi connectivity index (χ0n) is 10.4. The summed E-state index contributed by atoms with van der Waals surface area (Å²) in [5, 5.41) is 11.5. The molecule has 18 heavy (non-hydrogen) atoms. The number of rotatable bonds is 6. The molecule has 0 saturated heterocycles. The predicted octanol–water partition coefficient (Wildman–Crippen LogP) is 0.325. The SMILES string of the molecule is CCCS(=O)(=O)CC(=O)NC1(C(=O)O)CCCC1. The van der Waals surface area contributed by atoms with E-state index in [4.69, 9.17) is 5.11 Å². The summed E-state index contributed by atoms with van der Waals surface area (Å²) in [5.74, 6) is -2.48. The number of carboxylic acids is 1. The highest BCUT2D eigenvalue weighted by Gasteiger charge is 2.42. The number of aliphatic carboxylic acids is 1. The van der Waals surface area contributed by atoms with Gasteiger partial charge in [-0.05, 0) is 19.3 Å². The Kier molecular flexibility index (Phi) is 4.72. The fraction of sp³-hybridized carbons (Fsp3) is 0.818. The van der Waals surface area contributed by atoms with Gasteiger partial charge in [-0.15, -0.1) is 0 Å². The Morgan fingerprint density at radius 3 is 2.28 bits per heavy atom. The molecule has 0 aliphatic heterocycles. The van der Waals surface area contributed by atoms with Crippen LogP contribution in [0.2, 0.25) is 0 Å². The highest BCUT2D eigenvalue weighted by molar-refractivity contribution is 7.92. The van der Waals surface area contributed by atoms with Gasteiger partial charge in [-0.25, -0.2) is 13.2 Å². The number of carbonyl (C=O) groups is 2. The monoisotopic (exact) mass is 277 g/mol. The van der Waals surface area contributed by atoms with E-state index in [-0.39, 0.29) is 5.75 Å². The lowest BCUT2D eigenvalue weighted by Gasteiger charge is -2.25. The quantitative estimate of drug-likeness (QED) is 0.728. The lowest BCUT2D eigenvalue weighted by atomic mass is 9.98. The van der Waals surface area contributed by atoms with Crippen LogP contribution in [0.4, 0.5) is 0 Å². The average Bonchev–Trinajstić information content (AvgIpc) is 2.65. The van der Waals surface area contributed by atoms with E-state index in [1.165, 1.54) is 0 Å². The Labute approximate surface area is 107 Å². The number of amides is 1. The fourth-order valence-electron chi connectivity index (χ4n) is 2.26. The summed E-state index contributed by atoms with van der Waals surface area (Å²) >= 11 is 0. The first-order valence-electron chi connectivity index (χ1n) is 6.06. The van der Waals surface area contributed by atoms with Crippen LogP contribution in [-0.4, -0.2) is 42.4 Å². The zero-order valence-corrected chi connectivity index (χ0v) is 11.3. The van der Waals surface area contributed by atoms with Gasteiger partial charge in [0.1, 0.15) is 11.3 Å². The van der Waals surface area contributed by atoms with Crippen molar-refractivity contribution in [2.75, 3.05) is 11.5 Å². The normalized spacial score (nSPS) is 18.5. The van der Waals surface area contributed by atoms with Crippen molar-refractivity contribution in [1.29, 1.82) is 0 Å². The van der Waals surface area contributed by atoms with Gasteiger partial charge in [0, 0.05) is 0 Å². The molecule has 1 aliphatic rings. The van der Waals surface area contributed by atoms with Gasteiger partial charge in [0.2, 0.25) is 5.91 Å². The minimum absolute atomic E-state index is 0.0551. The van der Waals surface area contributed by atoms with Gasteiger partial charge in [0.25, 0.3) is 0 Å². The van der Waals surface area contributed by atoms with E-state index in [1.54, 1.807) is 6.92 Å². The first kappa shape index (κ1) is 14.9. The molecule has 0 heterocycles. The maximum Gasteiger partial charge on any atom is 0.329 e. The number of hydrogen-bond donors (Lipinski definition) is 2. The van der Waals surface area contributed by atoms with Gasteiger partial charge >= 0.3 is 5.97 Å². The summed E-state index contributed by atoms with van der Waals surface area (Å²) in [6.45, 7) is 1.71. The van der Waals surface area contributed by atoms with Crippen molar-refractivity contribution < 1.29 is 23.1 Å². The van der Waals surface area contributed by atoms with Gasteiger partial charge in [0.05, 0.1) is 5.75 Å². The third kappa shape index (κ3) is 3.69. The third-order valence-electron chi connectivity index (χ3n) is 3.11. The van der Waals surface area contributed by atoms with Gasteiger partial charge in [-0.2, -0.15) is 0 Å². The zero-order chi connectivity index (χ0) is 13.8. The van der Waals surface area contributed by atoms with E-state index >= 15 is 0 Å². The van der Waals surface area contributed by atoms with Crippen LogP contribution in [0.5, 0.6) is 0 Å². The number of hydrogen-bond acceptors (Lipinski definition) is 4. The summed E-state index contributed by atoms with van der Waals surface area (Å²) in [5.41, 5.74) is -1.27. The summed E-state index contributed by atoms with van der Waals surface area (Å²) in [6.07, 6.45) is 2.63. The maximum absolute atomic E-state index is 11.6. The van der Waals surface area contributed by atoms with Crippen LogP contribution < -0.4 is 5.32 Å². The molecule has 0 radical (unpaired) electrons. The van der Waals surface area contributed by atoms with Crippen LogP contribution in [0.1, 0.15) is 39.0 Å². The lowest BCUT2D eigenvalue weighted by molar-refractivity contribution is -0.147. The molecule has 1 aliphatic carbocycles. The topological polar surface area (TPSA) is 101 Å². The van der Waals surface area contributed by atoms with E-state index in [2.05, 4.69) is 5.32 Å². The largest absolute Gasteiger partial charge is 0.480 e. The number of carbonyl (C=O) groups excluding carboxylic acids is 1. The minimum atomic E-state index is -3.43. The molecule has 0 bridgehead atoms. The molecule has 0 unspecified atom stereocenters. The number of sulfone groups is 1. The predicted molar refractivity (Wildman–Crippen MR) is 65.9 cm³/mol. The molecule has 0 atom stereocenters. The van der Waals surface area contributed by atoms with Gasteiger partial charge in [-0.3, -0.25) is 4.79 Å². The fourth-order valence-corrected chi connectivity index (χ4v) is 3.49. The van der Waals surface area contributed by atoms with Gasteiger partial charge in [0.15, 0.2) is 9.84 Å². The Morgan fingerprint density at radius 1 is 1.28 bits per heavy atom. The molecular formula is C11H19NO5S. The van der Waals surface area contributed by atoms with Crippen LogP contribution in [0.25, 0.3) is 0 Å². The van der Waals surface area contributed by atoms with E-state index in [9.17, 15) is 18.0 Å². The molecule has 1 amide bonds. The van der Waals surface area contributed by atoms with Crippen LogP contribution >= 0.6 is 0 Å². The highest BCUT2D eigenvalue weighted by Crippen LogP contribution is 2.29. The second kappa shape index (κ2) is 5.69. The van der Waals surface area contributed by atoms with Gasteiger partial charge < -0.3 is 10.4 Å². The van der Waals surface area contributed by atoms with Crippen LogP contribution in [0.3, 0.4) is 0 Å². The summed E-state index contributed by atoms with van der Waals surface area (Å²) in [4.78, 5) is 22.8. The molecule has 0 aromatic heterocycles. The van der Waals surface area contributed by atoms with E-state index in [1.807, 2.05) is 0 Å². The van der Waals surface area contributed by atoms with E-state index in [0.29, 0.717) is 19.3 Å². The number of nitrogens with one attached hydrogen (secondary N) is 1. The first-order valence-corrected chi connectivity index (χ1v) is 7.88. The van der Waals surface area contributed by atoms with Crippen molar-refractivity contribution in [2.24, 2.45) is 0 Å². The average molecular weight is 277 g/mol. The standard InChI is InChI=1S/C11H19NO5S/c1-2-7-18(16,17)8-9(13)12-11(10(14)15)5-3-4-6-11/h2-8H2,1H3,(H,12,13)(H,14,15).